The van der Waals surface area contributed by atoms with Crippen LogP contribution in [0, 0.1) is 0 Å². The molecule has 0 saturated carbocycles. The zero-order valence-corrected chi connectivity index (χ0v) is 11.4. The SMILES string of the molecule is COC(=O)c1ccc(OCCCOCC(F)(F)F)c(N)c1. The van der Waals surface area contributed by atoms with E-state index in [0.29, 0.717) is 5.75 Å². The Balaban J connectivity index is 2.34. The number of alkyl halides is 3. The molecule has 0 heterocycles. The molecule has 0 aliphatic carbocycles. The highest BCUT2D eigenvalue weighted by molar-refractivity contribution is 5.90. The molecule has 5 nitrogen and oxygen atoms in total. The molecule has 0 spiro atoms. The van der Waals surface area contributed by atoms with Gasteiger partial charge in [0.15, 0.2) is 0 Å². The maximum atomic E-state index is 11.8. The minimum absolute atomic E-state index is 0.0698. The summed E-state index contributed by atoms with van der Waals surface area (Å²) in [7, 11) is 1.25. The highest BCUT2D eigenvalue weighted by Crippen LogP contribution is 2.23. The van der Waals surface area contributed by atoms with E-state index in [1.165, 1.54) is 25.3 Å². The Bertz CT molecular complexity index is 477. The Labute approximate surface area is 119 Å². The van der Waals surface area contributed by atoms with Gasteiger partial charge >= 0.3 is 12.1 Å². The van der Waals surface area contributed by atoms with E-state index in [1.807, 2.05) is 0 Å². The quantitative estimate of drug-likeness (QED) is 0.476. The van der Waals surface area contributed by atoms with Crippen LogP contribution in [0.1, 0.15) is 16.8 Å². The van der Waals surface area contributed by atoms with Crippen LogP contribution in [0.2, 0.25) is 0 Å². The topological polar surface area (TPSA) is 70.8 Å². The molecule has 1 aromatic rings. The van der Waals surface area contributed by atoms with E-state index in [4.69, 9.17) is 10.5 Å². The monoisotopic (exact) mass is 307 g/mol. The number of hydrogen-bond donors (Lipinski definition) is 1. The molecular formula is C13H16F3NO4. The zero-order valence-electron chi connectivity index (χ0n) is 11.4. The first-order valence-corrected chi connectivity index (χ1v) is 6.08. The number of anilines is 1. The lowest BCUT2D eigenvalue weighted by molar-refractivity contribution is -0.174. The fraction of sp³-hybridized carbons (Fsp3) is 0.462. The minimum atomic E-state index is -4.32. The number of methoxy groups -OCH3 is 1. The highest BCUT2D eigenvalue weighted by atomic mass is 19.4. The molecule has 1 rings (SSSR count). The molecule has 21 heavy (non-hydrogen) atoms. The molecule has 0 bridgehead atoms. The fourth-order valence-corrected chi connectivity index (χ4v) is 1.46. The van der Waals surface area contributed by atoms with Crippen LogP contribution in [0.25, 0.3) is 0 Å². The van der Waals surface area contributed by atoms with Crippen molar-refractivity contribution in [3.8, 4) is 5.75 Å². The lowest BCUT2D eigenvalue weighted by Gasteiger charge is -2.11. The van der Waals surface area contributed by atoms with Gasteiger partial charge in [0.05, 0.1) is 31.6 Å². The van der Waals surface area contributed by atoms with Crippen LogP contribution >= 0.6 is 0 Å². The van der Waals surface area contributed by atoms with Crippen molar-refractivity contribution in [3.63, 3.8) is 0 Å². The van der Waals surface area contributed by atoms with Gasteiger partial charge in [-0.3, -0.25) is 0 Å². The number of ether oxygens (including phenoxy) is 3. The van der Waals surface area contributed by atoms with Gasteiger partial charge in [0.2, 0.25) is 0 Å². The van der Waals surface area contributed by atoms with Gasteiger partial charge in [-0.1, -0.05) is 0 Å². The number of halogens is 3. The second-order valence-corrected chi connectivity index (χ2v) is 4.11. The van der Waals surface area contributed by atoms with Crippen LogP contribution in [-0.4, -0.2) is 39.1 Å². The average molecular weight is 307 g/mol. The van der Waals surface area contributed by atoms with E-state index in [-0.39, 0.29) is 30.9 Å². The molecule has 1 aromatic carbocycles. The van der Waals surface area contributed by atoms with Crippen molar-refractivity contribution >= 4 is 11.7 Å². The smallest absolute Gasteiger partial charge is 0.411 e. The van der Waals surface area contributed by atoms with E-state index in [1.54, 1.807) is 0 Å². The summed E-state index contributed by atoms with van der Waals surface area (Å²) in [6.45, 7) is -1.19. The molecule has 0 saturated heterocycles. The van der Waals surface area contributed by atoms with Crippen LogP contribution in [0.3, 0.4) is 0 Å². The van der Waals surface area contributed by atoms with Gasteiger partial charge in [-0.05, 0) is 18.2 Å². The predicted molar refractivity (Wildman–Crippen MR) is 69.2 cm³/mol. The number of benzene rings is 1. The van der Waals surface area contributed by atoms with Crippen molar-refractivity contribution in [3.05, 3.63) is 23.8 Å². The van der Waals surface area contributed by atoms with Gasteiger partial charge in [-0.2, -0.15) is 13.2 Å². The summed E-state index contributed by atoms with van der Waals surface area (Å²) in [5.74, 6) is -0.174. The van der Waals surface area contributed by atoms with Crippen LogP contribution in [-0.2, 0) is 9.47 Å². The normalized spacial score (nSPS) is 11.2. The van der Waals surface area contributed by atoms with Crippen molar-refractivity contribution < 1.29 is 32.2 Å². The van der Waals surface area contributed by atoms with E-state index < -0.39 is 18.8 Å². The van der Waals surface area contributed by atoms with Crippen molar-refractivity contribution in [2.24, 2.45) is 0 Å². The molecule has 0 fully saturated rings. The van der Waals surface area contributed by atoms with Crippen LogP contribution in [0.5, 0.6) is 5.75 Å². The first-order valence-electron chi connectivity index (χ1n) is 6.08. The predicted octanol–water partition coefficient (Wildman–Crippen LogP) is 2.40. The number of carbonyl (C=O) groups is 1. The van der Waals surface area contributed by atoms with Crippen LogP contribution in [0.4, 0.5) is 18.9 Å². The number of esters is 1. The molecule has 8 heteroatoms. The maximum absolute atomic E-state index is 11.8. The number of hydrogen-bond acceptors (Lipinski definition) is 5. The van der Waals surface area contributed by atoms with E-state index >= 15 is 0 Å². The molecular weight excluding hydrogens is 291 g/mol. The molecule has 118 valence electrons. The first kappa shape index (κ1) is 17.1. The first-order chi connectivity index (χ1) is 9.83. The largest absolute Gasteiger partial charge is 0.491 e. The van der Waals surface area contributed by atoms with Crippen molar-refractivity contribution in [2.45, 2.75) is 12.6 Å². The fourth-order valence-electron chi connectivity index (χ4n) is 1.46. The van der Waals surface area contributed by atoms with Crippen LogP contribution in [0.15, 0.2) is 18.2 Å². The number of nitrogens with two attached hydrogens (primary N) is 1. The van der Waals surface area contributed by atoms with Gasteiger partial charge in [0.1, 0.15) is 12.4 Å². The minimum Gasteiger partial charge on any atom is -0.491 e. The molecule has 0 aliphatic heterocycles. The summed E-state index contributed by atoms with van der Waals surface area (Å²) in [4.78, 5) is 11.3. The van der Waals surface area contributed by atoms with Crippen LogP contribution < -0.4 is 10.5 Å². The van der Waals surface area contributed by atoms with E-state index in [0.717, 1.165) is 0 Å². The Morgan fingerprint density at radius 2 is 2.00 bits per heavy atom. The van der Waals surface area contributed by atoms with E-state index in [9.17, 15) is 18.0 Å². The average Bonchev–Trinajstić information content (AvgIpc) is 2.42. The Morgan fingerprint density at radius 3 is 2.57 bits per heavy atom. The third kappa shape index (κ3) is 6.35. The zero-order chi connectivity index (χ0) is 15.9. The van der Waals surface area contributed by atoms with Gasteiger partial charge in [-0.15, -0.1) is 0 Å². The number of carbonyl (C=O) groups excluding carboxylic acids is 1. The maximum Gasteiger partial charge on any atom is 0.411 e. The molecule has 0 radical (unpaired) electrons. The van der Waals surface area contributed by atoms with Gasteiger partial charge < -0.3 is 19.9 Å². The Hall–Kier alpha value is -1.96. The van der Waals surface area contributed by atoms with Gasteiger partial charge in [0.25, 0.3) is 0 Å². The lowest BCUT2D eigenvalue weighted by atomic mass is 10.2. The Kier molecular flexibility index (Phi) is 6.29. The second-order valence-electron chi connectivity index (χ2n) is 4.11. The van der Waals surface area contributed by atoms with Crippen molar-refractivity contribution in [1.82, 2.24) is 0 Å². The summed E-state index contributed by atoms with van der Waals surface area (Å²) < 4.78 is 49.7. The lowest BCUT2D eigenvalue weighted by Crippen LogP contribution is -2.18. The molecule has 0 amide bonds. The molecule has 2 N–H and O–H groups in total. The Morgan fingerprint density at radius 1 is 1.29 bits per heavy atom. The summed E-state index contributed by atoms with van der Waals surface area (Å²) in [6.07, 6.45) is -4.04. The van der Waals surface area contributed by atoms with E-state index in [2.05, 4.69) is 9.47 Å². The standard InChI is InChI=1S/C13H16F3NO4/c1-19-12(18)9-3-4-11(10(17)7-9)21-6-2-5-20-8-13(14,15)16/h3-4,7H,2,5-6,8,17H2,1H3. The molecule has 0 aliphatic rings. The summed E-state index contributed by atoms with van der Waals surface area (Å²) >= 11 is 0. The van der Waals surface area contributed by atoms with Crippen molar-refractivity contribution in [2.75, 3.05) is 32.7 Å². The summed E-state index contributed by atoms with van der Waals surface area (Å²) in [5, 5.41) is 0. The molecule has 0 atom stereocenters. The highest BCUT2D eigenvalue weighted by Gasteiger charge is 2.27. The summed E-state index contributed by atoms with van der Waals surface area (Å²) in [6, 6.07) is 4.39. The van der Waals surface area contributed by atoms with Crippen molar-refractivity contribution in [1.29, 1.82) is 0 Å². The number of nitrogen functional groups attached to an aromatic ring is 1. The summed E-state index contributed by atoms with van der Waals surface area (Å²) in [5.41, 5.74) is 6.23. The molecule has 0 aromatic heterocycles. The van der Waals surface area contributed by atoms with Gasteiger partial charge in [0, 0.05) is 6.42 Å². The third-order valence-corrected chi connectivity index (χ3v) is 2.39. The number of rotatable bonds is 7. The van der Waals surface area contributed by atoms with Gasteiger partial charge in [-0.25, -0.2) is 4.79 Å². The third-order valence-electron chi connectivity index (χ3n) is 2.39. The molecule has 0 unspecified atom stereocenters. The second kappa shape index (κ2) is 7.72.